The molecule has 1 N–H and O–H groups in total. The van der Waals surface area contributed by atoms with Crippen LogP contribution < -0.4 is 4.74 Å². The van der Waals surface area contributed by atoms with E-state index < -0.39 is 6.10 Å². The van der Waals surface area contributed by atoms with Gasteiger partial charge in [-0.05, 0) is 24.6 Å². The summed E-state index contributed by atoms with van der Waals surface area (Å²) in [6.45, 7) is 2.58. The van der Waals surface area contributed by atoms with Crippen molar-refractivity contribution in [1.29, 1.82) is 0 Å². The molecule has 1 aromatic carbocycles. The smallest absolute Gasteiger partial charge is 0.119 e. The van der Waals surface area contributed by atoms with Crippen molar-refractivity contribution in [3.8, 4) is 5.75 Å². The lowest BCUT2D eigenvalue weighted by atomic mass is 10.2. The summed E-state index contributed by atoms with van der Waals surface area (Å²) in [7, 11) is 0. The van der Waals surface area contributed by atoms with Crippen molar-refractivity contribution < 1.29 is 9.84 Å². The van der Waals surface area contributed by atoms with E-state index >= 15 is 0 Å². The zero-order valence-electron chi connectivity index (χ0n) is 10.1. The molecule has 0 aliphatic rings. The Morgan fingerprint density at radius 2 is 2.33 bits per heavy atom. The number of benzene rings is 1. The number of halogens is 1. The van der Waals surface area contributed by atoms with Crippen LogP contribution in [0.1, 0.15) is 5.56 Å². The number of aliphatic hydroxyl groups excluding tert-OH is 1. The van der Waals surface area contributed by atoms with Gasteiger partial charge in [-0.25, -0.2) is 0 Å². The first-order chi connectivity index (χ1) is 8.63. The molecule has 2 aromatic rings. The normalized spacial score (nSPS) is 12.4. The molecular weight excluding hydrogens is 252 g/mol. The Bertz CT molecular complexity index is 513. The molecule has 0 saturated heterocycles. The van der Waals surface area contributed by atoms with E-state index in [1.807, 2.05) is 31.2 Å². The summed E-state index contributed by atoms with van der Waals surface area (Å²) in [4.78, 5) is 0. The van der Waals surface area contributed by atoms with Crippen LogP contribution in [0.5, 0.6) is 5.75 Å². The van der Waals surface area contributed by atoms with Crippen molar-refractivity contribution in [2.75, 3.05) is 6.61 Å². The highest BCUT2D eigenvalue weighted by Gasteiger charge is 2.07. The molecule has 0 spiro atoms. The van der Waals surface area contributed by atoms with E-state index in [9.17, 15) is 5.11 Å². The largest absolute Gasteiger partial charge is 0.491 e. The lowest BCUT2D eigenvalue weighted by Crippen LogP contribution is -2.23. The SMILES string of the molecule is Cc1cccc(OC[C@@H](O)Cn2cc(Cl)cn2)c1. The van der Waals surface area contributed by atoms with Crippen LogP contribution in [-0.4, -0.2) is 27.6 Å². The van der Waals surface area contributed by atoms with Crippen molar-refractivity contribution in [2.24, 2.45) is 0 Å². The zero-order valence-corrected chi connectivity index (χ0v) is 10.8. The minimum atomic E-state index is -0.624. The average molecular weight is 267 g/mol. The number of rotatable bonds is 5. The van der Waals surface area contributed by atoms with Gasteiger partial charge >= 0.3 is 0 Å². The number of hydrogen-bond acceptors (Lipinski definition) is 3. The average Bonchev–Trinajstić information content (AvgIpc) is 2.72. The first-order valence-corrected chi connectivity index (χ1v) is 6.07. The summed E-state index contributed by atoms with van der Waals surface area (Å²) in [5.74, 6) is 0.757. The Hall–Kier alpha value is -1.52. The highest BCUT2D eigenvalue weighted by Crippen LogP contribution is 2.13. The van der Waals surface area contributed by atoms with Crippen LogP contribution in [0.15, 0.2) is 36.7 Å². The topological polar surface area (TPSA) is 47.3 Å². The Morgan fingerprint density at radius 1 is 1.50 bits per heavy atom. The zero-order chi connectivity index (χ0) is 13.0. The summed E-state index contributed by atoms with van der Waals surface area (Å²) < 4.78 is 7.09. The van der Waals surface area contributed by atoms with Crippen molar-refractivity contribution in [3.05, 3.63) is 47.2 Å². The maximum atomic E-state index is 9.81. The maximum absolute atomic E-state index is 9.81. The van der Waals surface area contributed by atoms with Crippen molar-refractivity contribution in [1.82, 2.24) is 9.78 Å². The minimum Gasteiger partial charge on any atom is -0.491 e. The first kappa shape index (κ1) is 12.9. The molecule has 96 valence electrons. The summed E-state index contributed by atoms with van der Waals surface area (Å²) in [6, 6.07) is 7.71. The molecule has 1 heterocycles. The van der Waals surface area contributed by atoms with Gasteiger partial charge in [-0.1, -0.05) is 23.7 Å². The van der Waals surface area contributed by atoms with E-state index in [0.717, 1.165) is 11.3 Å². The highest BCUT2D eigenvalue weighted by atomic mass is 35.5. The molecule has 0 aliphatic heterocycles. The van der Waals surface area contributed by atoms with Crippen LogP contribution >= 0.6 is 11.6 Å². The predicted molar refractivity (Wildman–Crippen MR) is 69.9 cm³/mol. The highest BCUT2D eigenvalue weighted by molar-refractivity contribution is 6.30. The summed E-state index contributed by atoms with van der Waals surface area (Å²) >= 11 is 5.74. The fourth-order valence-corrected chi connectivity index (χ4v) is 1.76. The standard InChI is InChI=1S/C13H15ClN2O2/c1-10-3-2-4-13(5-10)18-9-12(17)8-16-7-11(14)6-15-16/h2-7,12,17H,8-9H2,1H3/t12-/m0/s1. The van der Waals surface area contributed by atoms with E-state index in [0.29, 0.717) is 11.6 Å². The van der Waals surface area contributed by atoms with Crippen LogP contribution in [0.2, 0.25) is 5.02 Å². The van der Waals surface area contributed by atoms with Gasteiger partial charge in [0.1, 0.15) is 18.5 Å². The number of hydrogen-bond donors (Lipinski definition) is 1. The van der Waals surface area contributed by atoms with E-state index in [-0.39, 0.29) is 6.61 Å². The van der Waals surface area contributed by atoms with Crippen LogP contribution in [-0.2, 0) is 6.54 Å². The molecule has 0 radical (unpaired) electrons. The fraction of sp³-hybridized carbons (Fsp3) is 0.308. The van der Waals surface area contributed by atoms with Gasteiger partial charge in [0.05, 0.1) is 17.8 Å². The predicted octanol–water partition coefficient (Wildman–Crippen LogP) is 2.28. The molecule has 1 aromatic heterocycles. The summed E-state index contributed by atoms with van der Waals surface area (Å²) in [6.07, 6.45) is 2.58. The molecule has 0 unspecified atom stereocenters. The number of aliphatic hydroxyl groups is 1. The molecule has 18 heavy (non-hydrogen) atoms. The van der Waals surface area contributed by atoms with Gasteiger partial charge in [0.2, 0.25) is 0 Å². The number of nitrogens with zero attached hydrogens (tertiary/aromatic N) is 2. The quantitative estimate of drug-likeness (QED) is 0.903. The van der Waals surface area contributed by atoms with Crippen LogP contribution in [0.4, 0.5) is 0 Å². The third-order valence-corrected chi connectivity index (χ3v) is 2.63. The second-order valence-corrected chi connectivity index (χ2v) is 4.60. The number of ether oxygens (including phenoxy) is 1. The molecule has 1 atom stereocenters. The third-order valence-electron chi connectivity index (χ3n) is 2.43. The monoisotopic (exact) mass is 266 g/mol. The molecule has 5 heteroatoms. The second-order valence-electron chi connectivity index (χ2n) is 4.16. The van der Waals surface area contributed by atoms with E-state index in [4.69, 9.17) is 16.3 Å². The van der Waals surface area contributed by atoms with Gasteiger partial charge in [-0.15, -0.1) is 0 Å². The molecule has 0 amide bonds. The Morgan fingerprint density at radius 3 is 3.00 bits per heavy atom. The fourth-order valence-electron chi connectivity index (χ4n) is 1.60. The molecular formula is C13H15ClN2O2. The van der Waals surface area contributed by atoms with Crippen molar-refractivity contribution in [3.63, 3.8) is 0 Å². The lowest BCUT2D eigenvalue weighted by Gasteiger charge is -2.12. The van der Waals surface area contributed by atoms with Crippen molar-refractivity contribution >= 4 is 11.6 Å². The number of aromatic nitrogens is 2. The lowest BCUT2D eigenvalue weighted by molar-refractivity contribution is 0.0893. The molecule has 2 rings (SSSR count). The van der Waals surface area contributed by atoms with Crippen LogP contribution in [0, 0.1) is 6.92 Å². The Kier molecular flexibility index (Phi) is 4.23. The first-order valence-electron chi connectivity index (χ1n) is 5.69. The van der Waals surface area contributed by atoms with Gasteiger partial charge in [-0.3, -0.25) is 4.68 Å². The van der Waals surface area contributed by atoms with Crippen LogP contribution in [0.25, 0.3) is 0 Å². The minimum absolute atomic E-state index is 0.223. The molecule has 0 aliphatic carbocycles. The van der Waals surface area contributed by atoms with E-state index in [1.165, 1.54) is 6.20 Å². The summed E-state index contributed by atoms with van der Waals surface area (Å²) in [5, 5.41) is 14.4. The summed E-state index contributed by atoms with van der Waals surface area (Å²) in [5.41, 5.74) is 1.13. The van der Waals surface area contributed by atoms with E-state index in [2.05, 4.69) is 5.10 Å². The molecule has 0 saturated carbocycles. The molecule has 4 nitrogen and oxygen atoms in total. The van der Waals surface area contributed by atoms with Crippen molar-refractivity contribution in [2.45, 2.75) is 19.6 Å². The third kappa shape index (κ3) is 3.75. The van der Waals surface area contributed by atoms with Gasteiger partial charge < -0.3 is 9.84 Å². The van der Waals surface area contributed by atoms with E-state index in [1.54, 1.807) is 10.9 Å². The Labute approximate surface area is 111 Å². The van der Waals surface area contributed by atoms with Crippen LogP contribution in [0.3, 0.4) is 0 Å². The van der Waals surface area contributed by atoms with Gasteiger partial charge in [0.15, 0.2) is 0 Å². The van der Waals surface area contributed by atoms with Gasteiger partial charge in [0, 0.05) is 6.20 Å². The molecule has 0 bridgehead atoms. The number of aryl methyl sites for hydroxylation is 1. The Balaban J connectivity index is 1.83. The molecule has 0 fully saturated rings. The van der Waals surface area contributed by atoms with Gasteiger partial charge in [0.25, 0.3) is 0 Å². The van der Waals surface area contributed by atoms with Gasteiger partial charge in [-0.2, -0.15) is 5.10 Å². The second kappa shape index (κ2) is 5.89. The maximum Gasteiger partial charge on any atom is 0.119 e.